The summed E-state index contributed by atoms with van der Waals surface area (Å²) in [4.78, 5) is 26.0. The van der Waals surface area contributed by atoms with Crippen LogP contribution in [0.3, 0.4) is 0 Å². The third kappa shape index (κ3) is 4.31. The summed E-state index contributed by atoms with van der Waals surface area (Å²) in [5, 5.41) is 10.6. The van der Waals surface area contributed by atoms with Crippen LogP contribution in [0.25, 0.3) is 11.0 Å². The standard InChI is InChI=1S/C20H26N2O5/c1-20(2,3)27-19(25)13-8-9-22(16(21)11-13)17(18(23)24)15-10-12-6-4-5-7-14(12)26-15/h4-7,10,13,16-17H,8-9,11,21H2,1-3H3,(H,23,24)/t13-,16-,17+/m1/s1. The number of hydrogen-bond acceptors (Lipinski definition) is 6. The Labute approximate surface area is 158 Å². The van der Waals surface area contributed by atoms with Gasteiger partial charge >= 0.3 is 11.9 Å². The summed E-state index contributed by atoms with van der Waals surface area (Å²) in [5.41, 5.74) is 6.33. The number of ether oxygens (including phenoxy) is 1. The Hall–Kier alpha value is -2.38. The Kier molecular flexibility index (Phi) is 5.26. The van der Waals surface area contributed by atoms with E-state index in [9.17, 15) is 14.7 Å². The van der Waals surface area contributed by atoms with Crippen molar-refractivity contribution in [1.29, 1.82) is 0 Å². The smallest absolute Gasteiger partial charge is 0.328 e. The first-order chi connectivity index (χ1) is 12.7. The Morgan fingerprint density at radius 1 is 1.33 bits per heavy atom. The number of nitrogens with two attached hydrogens (primary N) is 1. The minimum absolute atomic E-state index is 0.284. The summed E-state index contributed by atoms with van der Waals surface area (Å²) < 4.78 is 11.2. The number of fused-ring (bicyclic) bond motifs is 1. The van der Waals surface area contributed by atoms with Crippen LogP contribution in [-0.2, 0) is 14.3 Å². The highest BCUT2D eigenvalue weighted by Gasteiger charge is 2.40. The monoisotopic (exact) mass is 374 g/mol. The van der Waals surface area contributed by atoms with Crippen LogP contribution in [0.2, 0.25) is 0 Å². The zero-order valence-corrected chi connectivity index (χ0v) is 15.8. The van der Waals surface area contributed by atoms with Gasteiger partial charge in [-0.05, 0) is 45.7 Å². The number of esters is 1. The molecular formula is C20H26N2O5. The number of likely N-dealkylation sites (tertiary alicyclic amines) is 1. The predicted molar refractivity (Wildman–Crippen MR) is 99.8 cm³/mol. The molecule has 2 aromatic rings. The van der Waals surface area contributed by atoms with Gasteiger partial charge in [0.1, 0.15) is 16.9 Å². The summed E-state index contributed by atoms with van der Waals surface area (Å²) >= 11 is 0. The van der Waals surface area contributed by atoms with Crippen molar-refractivity contribution < 1.29 is 23.8 Å². The molecule has 1 aliphatic rings. The molecule has 0 bridgehead atoms. The number of hydrogen-bond donors (Lipinski definition) is 2. The lowest BCUT2D eigenvalue weighted by Gasteiger charge is -2.39. The number of furan rings is 1. The van der Waals surface area contributed by atoms with Crippen LogP contribution in [0.4, 0.5) is 0 Å². The van der Waals surface area contributed by atoms with Gasteiger partial charge in [0, 0.05) is 11.9 Å². The molecule has 0 amide bonds. The fourth-order valence-corrected chi connectivity index (χ4v) is 3.50. The van der Waals surface area contributed by atoms with Gasteiger partial charge < -0.3 is 20.0 Å². The maximum absolute atomic E-state index is 12.3. The van der Waals surface area contributed by atoms with Gasteiger partial charge in [0.05, 0.1) is 12.1 Å². The van der Waals surface area contributed by atoms with Gasteiger partial charge in [-0.15, -0.1) is 0 Å². The van der Waals surface area contributed by atoms with E-state index in [0.717, 1.165) is 5.39 Å². The van der Waals surface area contributed by atoms with E-state index in [-0.39, 0.29) is 11.9 Å². The molecule has 1 saturated heterocycles. The highest BCUT2D eigenvalue weighted by atomic mass is 16.6. The van der Waals surface area contributed by atoms with Gasteiger partial charge in [-0.3, -0.25) is 14.5 Å². The molecule has 0 spiro atoms. The third-order valence-corrected chi connectivity index (χ3v) is 4.71. The summed E-state index contributed by atoms with van der Waals surface area (Å²) in [6.45, 7) is 5.84. The van der Waals surface area contributed by atoms with Crippen molar-refractivity contribution in [1.82, 2.24) is 4.90 Å². The Morgan fingerprint density at radius 3 is 2.63 bits per heavy atom. The molecule has 3 atom stereocenters. The van der Waals surface area contributed by atoms with Gasteiger partial charge in [0.15, 0.2) is 6.04 Å². The van der Waals surface area contributed by atoms with Crippen molar-refractivity contribution in [2.24, 2.45) is 11.7 Å². The molecule has 27 heavy (non-hydrogen) atoms. The van der Waals surface area contributed by atoms with E-state index >= 15 is 0 Å². The topological polar surface area (TPSA) is 106 Å². The molecule has 0 unspecified atom stereocenters. The van der Waals surface area contributed by atoms with Gasteiger partial charge in [-0.25, -0.2) is 0 Å². The van der Waals surface area contributed by atoms with Crippen molar-refractivity contribution in [2.75, 3.05) is 6.54 Å². The molecule has 2 heterocycles. The fourth-order valence-electron chi connectivity index (χ4n) is 3.50. The van der Waals surface area contributed by atoms with E-state index in [2.05, 4.69) is 0 Å². The number of para-hydroxylation sites is 1. The number of aliphatic carboxylic acids is 1. The molecule has 7 heteroatoms. The number of rotatable bonds is 4. The summed E-state index contributed by atoms with van der Waals surface area (Å²) in [6.07, 6.45) is 0.261. The number of carboxylic acid groups (broad SMARTS) is 1. The lowest BCUT2D eigenvalue weighted by molar-refractivity contribution is -0.163. The predicted octanol–water partition coefficient (Wildman–Crippen LogP) is 2.90. The molecule has 0 saturated carbocycles. The molecule has 1 aromatic carbocycles. The number of piperidine rings is 1. The van der Waals surface area contributed by atoms with Gasteiger partial charge in [0.25, 0.3) is 0 Å². The van der Waals surface area contributed by atoms with E-state index in [0.29, 0.717) is 30.7 Å². The average molecular weight is 374 g/mol. The normalized spacial score (nSPS) is 22.5. The van der Waals surface area contributed by atoms with E-state index in [1.54, 1.807) is 17.0 Å². The van der Waals surface area contributed by atoms with E-state index in [4.69, 9.17) is 14.9 Å². The first-order valence-electron chi connectivity index (χ1n) is 9.11. The lowest BCUT2D eigenvalue weighted by atomic mass is 9.92. The molecular weight excluding hydrogens is 348 g/mol. The molecule has 146 valence electrons. The summed E-state index contributed by atoms with van der Waals surface area (Å²) in [7, 11) is 0. The Morgan fingerprint density at radius 2 is 2.04 bits per heavy atom. The number of carbonyl (C=O) groups excluding carboxylic acids is 1. The zero-order valence-electron chi connectivity index (χ0n) is 15.8. The van der Waals surface area contributed by atoms with Gasteiger partial charge in [-0.1, -0.05) is 18.2 Å². The molecule has 0 aliphatic carbocycles. The highest BCUT2D eigenvalue weighted by molar-refractivity contribution is 5.81. The Balaban J connectivity index is 1.78. The van der Waals surface area contributed by atoms with Crippen molar-refractivity contribution >= 4 is 22.9 Å². The second-order valence-corrected chi connectivity index (χ2v) is 7.99. The maximum Gasteiger partial charge on any atom is 0.328 e. The van der Waals surface area contributed by atoms with Crippen molar-refractivity contribution in [3.8, 4) is 0 Å². The zero-order chi connectivity index (χ0) is 19.8. The van der Waals surface area contributed by atoms with Gasteiger partial charge in [0.2, 0.25) is 0 Å². The minimum Gasteiger partial charge on any atom is -0.480 e. The molecule has 3 rings (SSSR count). The van der Waals surface area contributed by atoms with Crippen LogP contribution >= 0.6 is 0 Å². The van der Waals surface area contributed by atoms with Crippen molar-refractivity contribution in [3.05, 3.63) is 36.1 Å². The van der Waals surface area contributed by atoms with Crippen LogP contribution < -0.4 is 5.73 Å². The van der Waals surface area contributed by atoms with Crippen molar-refractivity contribution in [2.45, 2.75) is 51.4 Å². The van der Waals surface area contributed by atoms with Crippen LogP contribution in [0, 0.1) is 5.92 Å². The van der Waals surface area contributed by atoms with Crippen molar-refractivity contribution in [3.63, 3.8) is 0 Å². The van der Waals surface area contributed by atoms with E-state index in [1.165, 1.54) is 0 Å². The van der Waals surface area contributed by atoms with E-state index in [1.807, 2.05) is 39.0 Å². The van der Waals surface area contributed by atoms with Crippen LogP contribution in [0.5, 0.6) is 0 Å². The molecule has 1 aromatic heterocycles. The molecule has 0 radical (unpaired) electrons. The largest absolute Gasteiger partial charge is 0.480 e. The number of benzene rings is 1. The quantitative estimate of drug-likeness (QED) is 0.793. The second kappa shape index (κ2) is 7.32. The van der Waals surface area contributed by atoms with Gasteiger partial charge in [-0.2, -0.15) is 0 Å². The average Bonchev–Trinajstić information content (AvgIpc) is 2.98. The Bertz CT molecular complexity index is 805. The van der Waals surface area contributed by atoms with Crippen LogP contribution in [0.15, 0.2) is 34.7 Å². The maximum atomic E-state index is 12.3. The van der Waals surface area contributed by atoms with Crippen LogP contribution in [-0.4, -0.2) is 40.3 Å². The highest BCUT2D eigenvalue weighted by Crippen LogP contribution is 2.33. The molecule has 7 nitrogen and oxygen atoms in total. The first-order valence-corrected chi connectivity index (χ1v) is 9.11. The summed E-state index contributed by atoms with van der Waals surface area (Å²) in [5.74, 6) is -1.30. The molecule has 1 fully saturated rings. The number of nitrogens with zero attached hydrogens (tertiary/aromatic N) is 1. The van der Waals surface area contributed by atoms with E-state index < -0.39 is 23.8 Å². The SMILES string of the molecule is CC(C)(C)OC(=O)[C@@H]1CCN([C@H](C(=O)O)c2cc3ccccc3o2)[C@@H](N)C1. The summed E-state index contributed by atoms with van der Waals surface area (Å²) in [6, 6.07) is 8.12. The minimum atomic E-state index is -1.03. The fraction of sp³-hybridized carbons (Fsp3) is 0.500. The molecule has 3 N–H and O–H groups in total. The number of carbonyl (C=O) groups is 2. The second-order valence-electron chi connectivity index (χ2n) is 7.99. The lowest BCUT2D eigenvalue weighted by Crippen LogP contribution is -2.52. The third-order valence-electron chi connectivity index (χ3n) is 4.71. The number of carboxylic acids is 1. The molecule has 1 aliphatic heterocycles. The van der Waals surface area contributed by atoms with Crippen LogP contribution in [0.1, 0.15) is 45.4 Å². The first kappa shape index (κ1) is 19.4.